The van der Waals surface area contributed by atoms with E-state index in [2.05, 4.69) is 15.2 Å². The molecule has 0 saturated heterocycles. The summed E-state index contributed by atoms with van der Waals surface area (Å²) < 4.78 is 48.6. The van der Waals surface area contributed by atoms with E-state index in [-0.39, 0.29) is 33.5 Å². The number of benzene rings is 3. The first-order chi connectivity index (χ1) is 18.1. The molecule has 0 bridgehead atoms. The van der Waals surface area contributed by atoms with Crippen molar-refractivity contribution >= 4 is 39.3 Å². The summed E-state index contributed by atoms with van der Waals surface area (Å²) in [6.07, 6.45) is 1.32. The topological polar surface area (TPSA) is 168 Å². The summed E-state index contributed by atoms with van der Waals surface area (Å²) in [5.74, 6) is 0.457. The molecule has 3 aromatic rings. The van der Waals surface area contributed by atoms with E-state index in [9.17, 15) is 23.3 Å². The van der Waals surface area contributed by atoms with E-state index < -0.39 is 26.6 Å². The maximum absolute atomic E-state index is 12.8. The van der Waals surface area contributed by atoms with E-state index >= 15 is 0 Å². The van der Waals surface area contributed by atoms with Crippen molar-refractivity contribution in [2.24, 2.45) is 5.10 Å². The number of carbonyl (C=O) groups excluding carboxylic acids is 1. The van der Waals surface area contributed by atoms with Gasteiger partial charge in [-0.15, -0.1) is 0 Å². The van der Waals surface area contributed by atoms with Gasteiger partial charge < -0.3 is 18.9 Å². The normalized spacial score (nSPS) is 11.1. The number of nitrogens with zero attached hydrogens (tertiary/aromatic N) is 2. The lowest BCUT2D eigenvalue weighted by Crippen LogP contribution is -2.13. The zero-order chi connectivity index (χ0) is 27.9. The van der Waals surface area contributed by atoms with Crippen molar-refractivity contribution in [3.05, 3.63) is 70.3 Å². The zero-order valence-electron chi connectivity index (χ0n) is 20.8. The first kappa shape index (κ1) is 27.7. The maximum atomic E-state index is 12.8. The lowest BCUT2D eigenvalue weighted by molar-refractivity contribution is -0.384. The Morgan fingerprint density at radius 1 is 0.974 bits per heavy atom. The van der Waals surface area contributed by atoms with Gasteiger partial charge in [0.15, 0.2) is 11.5 Å². The third-order valence-corrected chi connectivity index (χ3v) is 6.32. The highest BCUT2D eigenvalue weighted by molar-refractivity contribution is 7.92. The fraction of sp³-hybridized carbons (Fsp3) is 0.167. The van der Waals surface area contributed by atoms with Crippen LogP contribution in [0.3, 0.4) is 0 Å². The van der Waals surface area contributed by atoms with Gasteiger partial charge in [-0.05, 0) is 48.5 Å². The fourth-order valence-corrected chi connectivity index (χ4v) is 4.27. The van der Waals surface area contributed by atoms with Crippen LogP contribution >= 0.6 is 0 Å². The van der Waals surface area contributed by atoms with Gasteiger partial charge in [-0.25, -0.2) is 8.42 Å². The molecule has 0 spiro atoms. The molecule has 38 heavy (non-hydrogen) atoms. The Kier molecular flexibility index (Phi) is 8.70. The average molecular weight is 545 g/mol. The second kappa shape index (κ2) is 11.9. The quantitative estimate of drug-likeness (QED) is 0.119. The number of methoxy groups -OCH3 is 3. The minimum absolute atomic E-state index is 0.0508. The molecule has 0 saturated carbocycles. The van der Waals surface area contributed by atoms with Crippen LogP contribution in [-0.4, -0.2) is 46.9 Å². The summed E-state index contributed by atoms with van der Waals surface area (Å²) in [5.41, 5.74) is 2.68. The van der Waals surface area contributed by atoms with E-state index in [4.69, 9.17) is 18.9 Å². The number of sulfonamides is 1. The minimum atomic E-state index is -4.12. The van der Waals surface area contributed by atoms with Gasteiger partial charge in [-0.3, -0.25) is 25.1 Å². The number of ether oxygens (including phenoxy) is 4. The van der Waals surface area contributed by atoms with E-state index in [1.165, 1.54) is 70.9 Å². The Balaban J connectivity index is 1.84. The number of nitro groups is 1. The van der Waals surface area contributed by atoms with Gasteiger partial charge in [0, 0.05) is 24.2 Å². The predicted octanol–water partition coefficient (Wildman–Crippen LogP) is 3.79. The van der Waals surface area contributed by atoms with Crippen molar-refractivity contribution in [3.8, 4) is 23.0 Å². The fourth-order valence-electron chi connectivity index (χ4n) is 3.19. The van der Waals surface area contributed by atoms with E-state index in [1.54, 1.807) is 12.1 Å². The molecule has 0 radical (unpaired) electrons. The van der Waals surface area contributed by atoms with Crippen LogP contribution in [0, 0.1) is 10.1 Å². The number of nitrogens with one attached hydrogen (secondary N) is 2. The first-order valence-electron chi connectivity index (χ1n) is 10.8. The number of hydrogen-bond donors (Lipinski definition) is 2. The van der Waals surface area contributed by atoms with Gasteiger partial charge >= 0.3 is 5.97 Å². The van der Waals surface area contributed by atoms with E-state index in [0.29, 0.717) is 11.3 Å². The molecule has 0 heterocycles. The number of rotatable bonds is 11. The summed E-state index contributed by atoms with van der Waals surface area (Å²) in [6.45, 7) is 1.23. The van der Waals surface area contributed by atoms with E-state index in [0.717, 1.165) is 6.07 Å². The first-order valence-corrected chi connectivity index (χ1v) is 12.2. The van der Waals surface area contributed by atoms with Crippen molar-refractivity contribution in [1.29, 1.82) is 0 Å². The lowest BCUT2D eigenvalue weighted by atomic mass is 10.2. The number of hydrazone groups is 1. The second-order valence-corrected chi connectivity index (χ2v) is 9.17. The van der Waals surface area contributed by atoms with E-state index in [1.807, 2.05) is 0 Å². The Morgan fingerprint density at radius 3 is 2.13 bits per heavy atom. The number of nitro benzene ring substituents is 1. The number of carbonyl (C=O) groups is 1. The molecule has 0 fully saturated rings. The second-order valence-electron chi connectivity index (χ2n) is 7.49. The van der Waals surface area contributed by atoms with Crippen LogP contribution in [0.1, 0.15) is 12.5 Å². The average Bonchev–Trinajstić information content (AvgIpc) is 2.89. The highest BCUT2D eigenvalue weighted by atomic mass is 32.2. The van der Waals surface area contributed by atoms with Crippen LogP contribution in [0.4, 0.5) is 17.1 Å². The summed E-state index contributed by atoms with van der Waals surface area (Å²) in [6, 6.07) is 12.5. The molecule has 0 unspecified atom stereocenters. The lowest BCUT2D eigenvalue weighted by Gasteiger charge is -2.13. The van der Waals surface area contributed by atoms with Gasteiger partial charge in [-0.1, -0.05) is 0 Å². The highest BCUT2D eigenvalue weighted by Gasteiger charge is 2.22. The molecule has 0 amide bonds. The largest absolute Gasteiger partial charge is 0.497 e. The minimum Gasteiger partial charge on any atom is -0.497 e. The summed E-state index contributed by atoms with van der Waals surface area (Å²) in [4.78, 5) is 22.0. The van der Waals surface area contributed by atoms with Crippen LogP contribution in [0.5, 0.6) is 23.0 Å². The standard InChI is InChI=1S/C24H24N4O9S/c1-15(29)37-24-22(35-3)11-16(12-23(24)36-4)14-25-26-20-10-9-19(13-21(20)28(30)31)38(32,33)27-17-5-7-18(34-2)8-6-17/h5-14,26-27H,1-4H3/b25-14-. The van der Waals surface area contributed by atoms with Crippen molar-refractivity contribution in [2.75, 3.05) is 31.5 Å². The molecule has 0 aliphatic heterocycles. The highest BCUT2D eigenvalue weighted by Crippen LogP contribution is 2.38. The Bertz CT molecular complexity index is 1450. The third-order valence-electron chi connectivity index (χ3n) is 4.95. The van der Waals surface area contributed by atoms with Gasteiger partial charge in [-0.2, -0.15) is 5.10 Å². The van der Waals surface area contributed by atoms with Crippen molar-refractivity contribution in [2.45, 2.75) is 11.8 Å². The molecule has 13 nitrogen and oxygen atoms in total. The summed E-state index contributed by atoms with van der Waals surface area (Å²) in [7, 11) is 0.113. The van der Waals surface area contributed by atoms with Crippen molar-refractivity contribution in [3.63, 3.8) is 0 Å². The monoisotopic (exact) mass is 544 g/mol. The van der Waals surface area contributed by atoms with Crippen molar-refractivity contribution in [1.82, 2.24) is 0 Å². The molecule has 0 aliphatic rings. The Morgan fingerprint density at radius 2 is 1.61 bits per heavy atom. The van der Waals surface area contributed by atoms with Crippen LogP contribution in [0.2, 0.25) is 0 Å². The molecule has 3 aromatic carbocycles. The van der Waals surface area contributed by atoms with Gasteiger partial charge in [0.1, 0.15) is 11.4 Å². The predicted molar refractivity (Wildman–Crippen MR) is 139 cm³/mol. The molecule has 14 heteroatoms. The third kappa shape index (κ3) is 6.67. The Hall–Kier alpha value is -4.85. The molecule has 0 aromatic heterocycles. The Labute approximate surface area is 218 Å². The van der Waals surface area contributed by atoms with Crippen LogP contribution < -0.4 is 29.1 Å². The van der Waals surface area contributed by atoms with Gasteiger partial charge in [0.05, 0.1) is 37.4 Å². The summed E-state index contributed by atoms with van der Waals surface area (Å²) >= 11 is 0. The maximum Gasteiger partial charge on any atom is 0.308 e. The molecule has 200 valence electrons. The van der Waals surface area contributed by atoms with Crippen molar-refractivity contribution < 1.29 is 37.1 Å². The molecular formula is C24H24N4O9S. The number of esters is 1. The van der Waals surface area contributed by atoms with Crippen LogP contribution in [0.25, 0.3) is 0 Å². The number of hydrogen-bond acceptors (Lipinski definition) is 11. The zero-order valence-corrected chi connectivity index (χ0v) is 21.6. The molecule has 3 rings (SSSR count). The molecule has 2 N–H and O–H groups in total. The smallest absolute Gasteiger partial charge is 0.308 e. The van der Waals surface area contributed by atoms with Crippen LogP contribution in [0.15, 0.2) is 64.6 Å². The summed E-state index contributed by atoms with van der Waals surface area (Å²) in [5, 5.41) is 15.7. The van der Waals surface area contributed by atoms with Crippen LogP contribution in [-0.2, 0) is 14.8 Å². The molecule has 0 atom stereocenters. The number of anilines is 2. The van der Waals surface area contributed by atoms with Gasteiger partial charge in [0.25, 0.3) is 15.7 Å². The van der Waals surface area contributed by atoms with Gasteiger partial charge in [0.2, 0.25) is 5.75 Å². The SMILES string of the molecule is COc1ccc(NS(=O)(=O)c2ccc(N/N=C\c3cc(OC)c(OC(C)=O)c(OC)c3)c([N+](=O)[O-])c2)cc1. The molecule has 0 aliphatic carbocycles. The molecular weight excluding hydrogens is 520 g/mol.